The van der Waals surface area contributed by atoms with Gasteiger partial charge in [-0.25, -0.2) is 4.79 Å². The highest BCUT2D eigenvalue weighted by Gasteiger charge is 2.51. The normalized spacial score (nSPS) is 25.4. The van der Waals surface area contributed by atoms with Gasteiger partial charge >= 0.3 is 6.03 Å². The SMILES string of the molecule is O=C(CN1C(=O)NC2(CCNCC2)C1=O)N1CCCC1. The van der Waals surface area contributed by atoms with Crippen LogP contribution in [-0.4, -0.2) is 65.9 Å². The van der Waals surface area contributed by atoms with Crippen LogP contribution in [0.3, 0.4) is 0 Å². The van der Waals surface area contributed by atoms with Crippen molar-refractivity contribution in [1.82, 2.24) is 20.4 Å². The number of nitrogens with one attached hydrogen (secondary N) is 2. The lowest BCUT2D eigenvalue weighted by Gasteiger charge is -2.31. The second-order valence-corrected chi connectivity index (χ2v) is 5.74. The Bertz CT molecular complexity index is 439. The van der Waals surface area contributed by atoms with Gasteiger partial charge in [0.25, 0.3) is 5.91 Å². The number of urea groups is 1. The summed E-state index contributed by atoms with van der Waals surface area (Å²) in [5, 5.41) is 5.97. The van der Waals surface area contributed by atoms with E-state index in [4.69, 9.17) is 0 Å². The number of likely N-dealkylation sites (tertiary alicyclic amines) is 1. The molecule has 2 N–H and O–H groups in total. The smallest absolute Gasteiger partial charge is 0.325 e. The van der Waals surface area contributed by atoms with E-state index >= 15 is 0 Å². The summed E-state index contributed by atoms with van der Waals surface area (Å²) in [5.74, 6) is -0.367. The summed E-state index contributed by atoms with van der Waals surface area (Å²) in [6.07, 6.45) is 3.18. The number of hydrogen-bond donors (Lipinski definition) is 2. The molecule has 0 bridgehead atoms. The molecule has 7 heteroatoms. The Kier molecular flexibility index (Phi) is 3.37. The molecule has 3 aliphatic rings. The Morgan fingerprint density at radius 2 is 1.80 bits per heavy atom. The van der Waals surface area contributed by atoms with E-state index in [0.717, 1.165) is 30.8 Å². The van der Waals surface area contributed by atoms with Gasteiger partial charge in [0, 0.05) is 13.1 Å². The molecule has 0 aliphatic carbocycles. The fraction of sp³-hybridized carbons (Fsp3) is 0.769. The van der Waals surface area contributed by atoms with Crippen molar-refractivity contribution in [2.75, 3.05) is 32.7 Å². The quantitative estimate of drug-likeness (QED) is 0.654. The Balaban J connectivity index is 1.68. The zero-order valence-electron chi connectivity index (χ0n) is 11.5. The molecule has 3 aliphatic heterocycles. The first-order valence-electron chi connectivity index (χ1n) is 7.25. The van der Waals surface area contributed by atoms with Crippen molar-refractivity contribution in [3.05, 3.63) is 0 Å². The van der Waals surface area contributed by atoms with Gasteiger partial charge in [-0.05, 0) is 38.8 Å². The minimum atomic E-state index is -0.784. The molecule has 3 fully saturated rings. The van der Waals surface area contributed by atoms with Crippen LogP contribution in [0.25, 0.3) is 0 Å². The van der Waals surface area contributed by atoms with Gasteiger partial charge in [0.2, 0.25) is 5.91 Å². The maximum atomic E-state index is 12.5. The molecule has 110 valence electrons. The first-order chi connectivity index (χ1) is 9.62. The highest BCUT2D eigenvalue weighted by molar-refractivity contribution is 6.09. The van der Waals surface area contributed by atoms with Gasteiger partial charge in [-0.3, -0.25) is 14.5 Å². The van der Waals surface area contributed by atoms with E-state index in [9.17, 15) is 14.4 Å². The highest BCUT2D eigenvalue weighted by atomic mass is 16.2. The molecule has 0 saturated carbocycles. The molecule has 3 heterocycles. The third-order valence-corrected chi connectivity index (χ3v) is 4.46. The second kappa shape index (κ2) is 5.05. The zero-order valence-corrected chi connectivity index (χ0v) is 11.5. The summed E-state index contributed by atoms with van der Waals surface area (Å²) < 4.78 is 0. The van der Waals surface area contributed by atoms with E-state index in [0.29, 0.717) is 25.9 Å². The molecule has 0 aromatic heterocycles. The minimum absolute atomic E-state index is 0.125. The van der Waals surface area contributed by atoms with E-state index in [1.807, 2.05) is 0 Å². The lowest BCUT2D eigenvalue weighted by atomic mass is 9.88. The average molecular weight is 280 g/mol. The van der Waals surface area contributed by atoms with Crippen LogP contribution in [0.2, 0.25) is 0 Å². The largest absolute Gasteiger partial charge is 0.341 e. The van der Waals surface area contributed by atoms with Crippen LogP contribution >= 0.6 is 0 Å². The van der Waals surface area contributed by atoms with Gasteiger partial charge in [-0.1, -0.05) is 0 Å². The molecule has 3 saturated heterocycles. The predicted molar refractivity (Wildman–Crippen MR) is 70.9 cm³/mol. The Morgan fingerprint density at radius 1 is 1.15 bits per heavy atom. The number of imide groups is 1. The predicted octanol–water partition coefficient (Wildman–Crippen LogP) is -0.717. The van der Waals surface area contributed by atoms with Gasteiger partial charge in [0.15, 0.2) is 0 Å². The zero-order chi connectivity index (χ0) is 14.2. The molecule has 7 nitrogen and oxygen atoms in total. The van der Waals surface area contributed by atoms with Crippen molar-refractivity contribution in [1.29, 1.82) is 0 Å². The Labute approximate surface area is 117 Å². The molecule has 20 heavy (non-hydrogen) atoms. The fourth-order valence-electron chi connectivity index (χ4n) is 3.21. The highest BCUT2D eigenvalue weighted by Crippen LogP contribution is 2.27. The monoisotopic (exact) mass is 280 g/mol. The molecule has 1 spiro atoms. The van der Waals surface area contributed by atoms with Crippen LogP contribution in [0.15, 0.2) is 0 Å². The van der Waals surface area contributed by atoms with Crippen LogP contribution in [0.5, 0.6) is 0 Å². The van der Waals surface area contributed by atoms with Crippen LogP contribution in [0, 0.1) is 0 Å². The number of rotatable bonds is 2. The van der Waals surface area contributed by atoms with Crippen LogP contribution in [-0.2, 0) is 9.59 Å². The standard InChI is InChI=1S/C13H20N4O3/c18-10(16-7-1-2-8-16)9-17-11(19)13(15-12(17)20)3-5-14-6-4-13/h14H,1-9H2,(H,15,20). The summed E-state index contributed by atoms with van der Waals surface area (Å²) in [5.41, 5.74) is -0.784. The molecule has 3 rings (SSSR count). The summed E-state index contributed by atoms with van der Waals surface area (Å²) in [4.78, 5) is 39.4. The maximum Gasteiger partial charge on any atom is 0.325 e. The van der Waals surface area contributed by atoms with Gasteiger partial charge in [0.1, 0.15) is 12.1 Å². The number of nitrogens with zero attached hydrogens (tertiary/aromatic N) is 2. The molecule has 0 aromatic rings. The first kappa shape index (κ1) is 13.4. The van der Waals surface area contributed by atoms with Crippen molar-refractivity contribution < 1.29 is 14.4 Å². The molecule has 0 radical (unpaired) electrons. The van der Waals surface area contributed by atoms with E-state index in [1.54, 1.807) is 4.90 Å². The molecule has 0 aromatic carbocycles. The van der Waals surface area contributed by atoms with Crippen molar-refractivity contribution >= 4 is 17.8 Å². The number of amides is 4. The average Bonchev–Trinajstić information content (AvgIpc) is 3.04. The molecule has 0 atom stereocenters. The number of carbonyl (C=O) groups is 3. The van der Waals surface area contributed by atoms with E-state index in [-0.39, 0.29) is 18.4 Å². The third kappa shape index (κ3) is 2.15. The summed E-state index contributed by atoms with van der Waals surface area (Å²) in [6, 6.07) is -0.426. The van der Waals surface area contributed by atoms with Gasteiger partial charge < -0.3 is 15.5 Å². The number of piperidine rings is 1. The minimum Gasteiger partial charge on any atom is -0.341 e. The van der Waals surface area contributed by atoms with Gasteiger partial charge in [-0.2, -0.15) is 0 Å². The maximum absolute atomic E-state index is 12.5. The first-order valence-corrected chi connectivity index (χ1v) is 7.25. The topological polar surface area (TPSA) is 81.8 Å². The van der Waals surface area contributed by atoms with Crippen molar-refractivity contribution in [3.63, 3.8) is 0 Å². The number of carbonyl (C=O) groups excluding carboxylic acids is 3. The van der Waals surface area contributed by atoms with E-state index < -0.39 is 11.6 Å². The lowest BCUT2D eigenvalue weighted by molar-refractivity contribution is -0.138. The summed E-state index contributed by atoms with van der Waals surface area (Å²) in [7, 11) is 0. The lowest BCUT2D eigenvalue weighted by Crippen LogP contribution is -2.54. The van der Waals surface area contributed by atoms with Gasteiger partial charge in [-0.15, -0.1) is 0 Å². The Hall–Kier alpha value is -1.63. The fourth-order valence-corrected chi connectivity index (χ4v) is 3.21. The second-order valence-electron chi connectivity index (χ2n) is 5.74. The van der Waals surface area contributed by atoms with Crippen molar-refractivity contribution in [2.24, 2.45) is 0 Å². The van der Waals surface area contributed by atoms with Crippen LogP contribution < -0.4 is 10.6 Å². The summed E-state index contributed by atoms with van der Waals surface area (Å²) >= 11 is 0. The molecule has 4 amide bonds. The van der Waals surface area contributed by atoms with E-state index in [1.165, 1.54) is 0 Å². The van der Waals surface area contributed by atoms with Crippen LogP contribution in [0.4, 0.5) is 4.79 Å². The number of hydrogen-bond acceptors (Lipinski definition) is 4. The van der Waals surface area contributed by atoms with Crippen molar-refractivity contribution in [3.8, 4) is 0 Å². The summed E-state index contributed by atoms with van der Waals surface area (Å²) in [6.45, 7) is 2.76. The third-order valence-electron chi connectivity index (χ3n) is 4.46. The molecular weight excluding hydrogens is 260 g/mol. The van der Waals surface area contributed by atoms with Crippen molar-refractivity contribution in [2.45, 2.75) is 31.2 Å². The molecular formula is C13H20N4O3. The van der Waals surface area contributed by atoms with Crippen LogP contribution in [0.1, 0.15) is 25.7 Å². The Morgan fingerprint density at radius 3 is 2.45 bits per heavy atom. The van der Waals surface area contributed by atoms with Gasteiger partial charge in [0.05, 0.1) is 0 Å². The molecule has 0 unspecified atom stereocenters. The van der Waals surface area contributed by atoms with E-state index in [2.05, 4.69) is 10.6 Å².